The van der Waals surface area contributed by atoms with E-state index in [0.29, 0.717) is 35.7 Å². The Kier molecular flexibility index (Phi) is 6.56. The number of carbonyl (C=O) groups is 1. The maximum absolute atomic E-state index is 15.2. The minimum Gasteiger partial charge on any atom is -0.493 e. The lowest BCUT2D eigenvalue weighted by Crippen LogP contribution is -2.38. The summed E-state index contributed by atoms with van der Waals surface area (Å²) in [6.07, 6.45) is 3.31. The number of ether oxygens (including phenoxy) is 3. The summed E-state index contributed by atoms with van der Waals surface area (Å²) in [6.45, 7) is 7.87. The second-order valence-corrected chi connectivity index (χ2v) is 10.3. The Morgan fingerprint density at radius 1 is 1.29 bits per heavy atom. The Labute approximate surface area is 220 Å². The molecule has 0 bridgehead atoms. The first kappa shape index (κ1) is 25.7. The summed E-state index contributed by atoms with van der Waals surface area (Å²) >= 11 is 0. The first-order valence-electron chi connectivity index (χ1n) is 12.4. The van der Waals surface area contributed by atoms with E-state index in [1.807, 2.05) is 20.0 Å². The van der Waals surface area contributed by atoms with Gasteiger partial charge in [-0.25, -0.2) is 24.1 Å². The number of nitrogens with zero attached hydrogens (tertiary/aromatic N) is 6. The minimum absolute atomic E-state index is 0.0999. The van der Waals surface area contributed by atoms with Crippen molar-refractivity contribution in [2.75, 3.05) is 18.6 Å². The molecular formula is C27H31FN6O4. The number of hydrogen-bond donors (Lipinski definition) is 0. The van der Waals surface area contributed by atoms with E-state index in [4.69, 9.17) is 24.2 Å². The Balaban J connectivity index is 1.69. The van der Waals surface area contributed by atoms with Crippen LogP contribution in [-0.4, -0.2) is 49.6 Å². The molecule has 0 saturated carbocycles. The SMILES string of the molecule is COCc1cn2c(N(Cc3c(F)ccc4c3CCO4)C(=O)OC(C)(C)C)ncc(-c3cc(C)nn3C)c2n1. The number of hydrogen-bond acceptors (Lipinski definition) is 7. The molecule has 200 valence electrons. The number of rotatable bonds is 6. The molecule has 0 N–H and O–H groups in total. The van der Waals surface area contributed by atoms with Gasteiger partial charge < -0.3 is 14.2 Å². The number of aromatic nitrogens is 5. The van der Waals surface area contributed by atoms with Crippen molar-refractivity contribution in [2.45, 2.75) is 52.9 Å². The second-order valence-electron chi connectivity index (χ2n) is 10.3. The summed E-state index contributed by atoms with van der Waals surface area (Å²) in [7, 11) is 3.43. The third-order valence-corrected chi connectivity index (χ3v) is 6.20. The Morgan fingerprint density at radius 2 is 2.08 bits per heavy atom. The smallest absolute Gasteiger partial charge is 0.417 e. The molecule has 1 aromatic carbocycles. The Morgan fingerprint density at radius 3 is 2.76 bits per heavy atom. The van der Waals surface area contributed by atoms with E-state index in [9.17, 15) is 4.79 Å². The third-order valence-electron chi connectivity index (χ3n) is 6.20. The fourth-order valence-electron chi connectivity index (χ4n) is 4.65. The molecule has 1 aliphatic heterocycles. The van der Waals surface area contributed by atoms with Crippen LogP contribution in [0.1, 0.15) is 43.3 Å². The lowest BCUT2D eigenvalue weighted by atomic mass is 10.0. The minimum atomic E-state index is -0.781. The van der Waals surface area contributed by atoms with Crippen molar-refractivity contribution in [3.63, 3.8) is 0 Å². The molecule has 0 atom stereocenters. The van der Waals surface area contributed by atoms with Crippen LogP contribution in [0.25, 0.3) is 16.9 Å². The molecule has 4 aromatic rings. The van der Waals surface area contributed by atoms with Gasteiger partial charge in [0.2, 0.25) is 5.95 Å². The highest BCUT2D eigenvalue weighted by Crippen LogP contribution is 2.33. The van der Waals surface area contributed by atoms with Crippen molar-refractivity contribution in [1.29, 1.82) is 0 Å². The number of anilines is 1. The zero-order valence-electron chi connectivity index (χ0n) is 22.4. The van der Waals surface area contributed by atoms with E-state index in [2.05, 4.69) is 5.10 Å². The predicted molar refractivity (Wildman–Crippen MR) is 139 cm³/mol. The number of fused-ring (bicyclic) bond motifs is 2. The molecular weight excluding hydrogens is 491 g/mol. The van der Waals surface area contributed by atoms with Crippen molar-refractivity contribution >= 4 is 17.7 Å². The molecule has 4 heterocycles. The van der Waals surface area contributed by atoms with Gasteiger partial charge in [-0.1, -0.05) is 0 Å². The van der Waals surface area contributed by atoms with Crippen molar-refractivity contribution in [1.82, 2.24) is 24.1 Å². The number of methoxy groups -OCH3 is 1. The fourth-order valence-corrected chi connectivity index (χ4v) is 4.65. The predicted octanol–water partition coefficient (Wildman–Crippen LogP) is 4.60. The standard InChI is InChI=1S/C27H31FN6O4/c1-16-11-22(32(5)31-16)19-12-29-25(33-13-17(15-36-6)30-24(19)33)34(26(35)38-27(2,3)4)14-20-18-9-10-37-23(18)8-7-21(20)28/h7-8,11-13H,9-10,14-15H2,1-6H3. The Hall–Kier alpha value is -3.99. The molecule has 0 spiro atoms. The van der Waals surface area contributed by atoms with Crippen molar-refractivity contribution in [3.05, 3.63) is 58.9 Å². The monoisotopic (exact) mass is 522 g/mol. The van der Waals surface area contributed by atoms with Gasteiger partial charge in [0.25, 0.3) is 0 Å². The first-order chi connectivity index (χ1) is 18.1. The zero-order chi connectivity index (χ0) is 27.2. The summed E-state index contributed by atoms with van der Waals surface area (Å²) in [5, 5.41) is 4.45. The molecule has 3 aromatic heterocycles. The molecule has 0 fully saturated rings. The van der Waals surface area contributed by atoms with Crippen molar-refractivity contribution in [2.24, 2.45) is 7.05 Å². The van der Waals surface area contributed by atoms with Gasteiger partial charge in [0.15, 0.2) is 5.65 Å². The van der Waals surface area contributed by atoms with Crippen LogP contribution in [0.3, 0.4) is 0 Å². The maximum Gasteiger partial charge on any atom is 0.417 e. The quantitative estimate of drug-likeness (QED) is 0.365. The van der Waals surface area contributed by atoms with Gasteiger partial charge in [0, 0.05) is 44.1 Å². The van der Waals surface area contributed by atoms with Gasteiger partial charge in [0.1, 0.15) is 17.2 Å². The average Bonchev–Trinajstić information content (AvgIpc) is 3.55. The van der Waals surface area contributed by atoms with Gasteiger partial charge in [-0.3, -0.25) is 9.08 Å². The van der Waals surface area contributed by atoms with E-state index < -0.39 is 17.5 Å². The molecule has 0 radical (unpaired) electrons. The summed E-state index contributed by atoms with van der Waals surface area (Å²) < 4.78 is 35.4. The van der Waals surface area contributed by atoms with Gasteiger partial charge in [-0.05, 0) is 45.9 Å². The van der Waals surface area contributed by atoms with E-state index in [-0.39, 0.29) is 19.1 Å². The molecule has 1 amide bonds. The lowest BCUT2D eigenvalue weighted by molar-refractivity contribution is 0.0574. The highest BCUT2D eigenvalue weighted by atomic mass is 19.1. The van der Waals surface area contributed by atoms with Crippen molar-refractivity contribution in [3.8, 4) is 17.0 Å². The molecule has 1 aliphatic rings. The number of benzene rings is 1. The molecule has 0 aliphatic carbocycles. The second kappa shape index (κ2) is 9.71. The topological polar surface area (TPSA) is 96.0 Å². The van der Waals surface area contributed by atoms with E-state index in [1.165, 1.54) is 11.0 Å². The number of imidazole rings is 1. The fraction of sp³-hybridized carbons (Fsp3) is 0.407. The van der Waals surface area contributed by atoms with Gasteiger partial charge in [-0.15, -0.1) is 0 Å². The lowest BCUT2D eigenvalue weighted by Gasteiger charge is -2.28. The zero-order valence-corrected chi connectivity index (χ0v) is 22.4. The molecule has 0 saturated heterocycles. The van der Waals surface area contributed by atoms with Crippen LogP contribution in [0, 0.1) is 12.7 Å². The van der Waals surface area contributed by atoms with E-state index in [1.54, 1.807) is 55.4 Å². The van der Waals surface area contributed by atoms with Crippen LogP contribution in [0.5, 0.6) is 5.75 Å². The number of carbonyl (C=O) groups excluding carboxylic acids is 1. The van der Waals surface area contributed by atoms with E-state index in [0.717, 1.165) is 22.5 Å². The van der Waals surface area contributed by atoms with Gasteiger partial charge in [-0.2, -0.15) is 5.10 Å². The number of aryl methyl sites for hydroxylation is 2. The van der Waals surface area contributed by atoms with Crippen LogP contribution in [0.4, 0.5) is 15.1 Å². The normalized spacial score (nSPS) is 13.0. The summed E-state index contributed by atoms with van der Waals surface area (Å²) in [6, 6.07) is 4.92. The van der Waals surface area contributed by atoms with Crippen LogP contribution in [0.2, 0.25) is 0 Å². The van der Waals surface area contributed by atoms with Crippen LogP contribution >= 0.6 is 0 Å². The number of halogens is 1. The molecule has 10 nitrogen and oxygen atoms in total. The third kappa shape index (κ3) is 4.81. The van der Waals surface area contributed by atoms with E-state index >= 15 is 4.39 Å². The molecule has 0 unspecified atom stereocenters. The van der Waals surface area contributed by atoms with Gasteiger partial charge in [0.05, 0.1) is 42.4 Å². The largest absolute Gasteiger partial charge is 0.493 e. The summed E-state index contributed by atoms with van der Waals surface area (Å²) in [4.78, 5) is 24.4. The number of amides is 1. The average molecular weight is 523 g/mol. The first-order valence-corrected chi connectivity index (χ1v) is 12.4. The van der Waals surface area contributed by atoms with Crippen LogP contribution < -0.4 is 9.64 Å². The van der Waals surface area contributed by atoms with Crippen LogP contribution in [-0.2, 0) is 36.1 Å². The highest BCUT2D eigenvalue weighted by molar-refractivity contribution is 5.87. The van der Waals surface area contributed by atoms with Gasteiger partial charge >= 0.3 is 6.09 Å². The maximum atomic E-state index is 15.2. The van der Waals surface area contributed by atoms with Crippen molar-refractivity contribution < 1.29 is 23.4 Å². The molecule has 5 rings (SSSR count). The molecule has 11 heteroatoms. The molecule has 38 heavy (non-hydrogen) atoms. The summed E-state index contributed by atoms with van der Waals surface area (Å²) in [5.41, 5.74) is 3.91. The highest BCUT2D eigenvalue weighted by Gasteiger charge is 2.31. The summed E-state index contributed by atoms with van der Waals surface area (Å²) in [5.74, 6) is 0.435. The van der Waals surface area contributed by atoms with Crippen LogP contribution in [0.15, 0.2) is 30.6 Å². The Bertz CT molecular complexity index is 1520.